The van der Waals surface area contributed by atoms with Crippen LogP contribution >= 0.6 is 0 Å². The van der Waals surface area contributed by atoms with Gasteiger partial charge in [-0.15, -0.1) is 0 Å². The van der Waals surface area contributed by atoms with Gasteiger partial charge in [-0.3, -0.25) is 0 Å². The second-order valence-corrected chi connectivity index (χ2v) is 5.25. The molecular formula is C11H18N2O. The summed E-state index contributed by atoms with van der Waals surface area (Å²) in [5.41, 5.74) is -0.531. The Bertz CT molecular complexity index is 352. The molecular weight excluding hydrogens is 176 g/mol. The largest absolute Gasteiger partial charge is 0.382 e. The Kier molecular flexibility index (Phi) is 1.80. The standard InChI is InChI=1S/C11H18N2O/c1-10(2)7-8(10)11(3,14)9-12-5-6-13(9)4/h5-6,8,14H,7H2,1-4H3. The number of rotatable bonds is 2. The summed E-state index contributed by atoms with van der Waals surface area (Å²) in [4.78, 5) is 4.23. The quantitative estimate of drug-likeness (QED) is 0.777. The molecule has 0 saturated heterocycles. The summed E-state index contributed by atoms with van der Waals surface area (Å²) < 4.78 is 1.90. The fraction of sp³-hybridized carbons (Fsp3) is 0.727. The van der Waals surface area contributed by atoms with Crippen LogP contribution in [0.25, 0.3) is 0 Å². The lowest BCUT2D eigenvalue weighted by atomic mass is 9.93. The van der Waals surface area contributed by atoms with Crippen molar-refractivity contribution in [3.63, 3.8) is 0 Å². The predicted molar refractivity (Wildman–Crippen MR) is 54.7 cm³/mol. The number of aliphatic hydroxyl groups is 1. The molecule has 3 nitrogen and oxygen atoms in total. The Balaban J connectivity index is 2.30. The van der Waals surface area contributed by atoms with Crippen molar-refractivity contribution in [2.24, 2.45) is 18.4 Å². The minimum absolute atomic E-state index is 0.259. The molecule has 1 aliphatic carbocycles. The van der Waals surface area contributed by atoms with Crippen molar-refractivity contribution in [3.8, 4) is 0 Å². The van der Waals surface area contributed by atoms with Crippen LogP contribution in [0, 0.1) is 11.3 Å². The maximum absolute atomic E-state index is 10.4. The molecule has 0 aromatic carbocycles. The van der Waals surface area contributed by atoms with E-state index in [0.29, 0.717) is 5.92 Å². The lowest BCUT2D eigenvalue weighted by Gasteiger charge is -2.24. The molecule has 0 bridgehead atoms. The maximum atomic E-state index is 10.4. The Hall–Kier alpha value is -0.830. The molecule has 1 fully saturated rings. The number of hydrogen-bond acceptors (Lipinski definition) is 2. The van der Waals surface area contributed by atoms with E-state index in [1.54, 1.807) is 6.20 Å². The fourth-order valence-electron chi connectivity index (χ4n) is 2.44. The van der Waals surface area contributed by atoms with E-state index in [4.69, 9.17) is 0 Å². The molecule has 1 aromatic heterocycles. The highest BCUT2D eigenvalue weighted by Crippen LogP contribution is 2.59. The van der Waals surface area contributed by atoms with Crippen LogP contribution in [-0.2, 0) is 12.6 Å². The minimum Gasteiger partial charge on any atom is -0.382 e. The lowest BCUT2D eigenvalue weighted by molar-refractivity contribution is 0.00962. The van der Waals surface area contributed by atoms with Gasteiger partial charge >= 0.3 is 0 Å². The molecule has 2 atom stereocenters. The van der Waals surface area contributed by atoms with E-state index in [1.165, 1.54) is 0 Å². The van der Waals surface area contributed by atoms with Crippen molar-refractivity contribution in [3.05, 3.63) is 18.2 Å². The average molecular weight is 194 g/mol. The van der Waals surface area contributed by atoms with Crippen molar-refractivity contribution in [1.82, 2.24) is 9.55 Å². The average Bonchev–Trinajstić information content (AvgIpc) is 2.52. The van der Waals surface area contributed by atoms with Crippen LogP contribution < -0.4 is 0 Å². The molecule has 0 spiro atoms. The van der Waals surface area contributed by atoms with Crippen LogP contribution in [0.15, 0.2) is 12.4 Å². The Labute approximate surface area is 84.8 Å². The molecule has 0 amide bonds. The van der Waals surface area contributed by atoms with Gasteiger partial charge in [0, 0.05) is 25.4 Å². The molecule has 1 aromatic rings. The molecule has 2 unspecified atom stereocenters. The van der Waals surface area contributed by atoms with Gasteiger partial charge in [0.2, 0.25) is 0 Å². The fourth-order valence-corrected chi connectivity index (χ4v) is 2.44. The number of hydrogen-bond donors (Lipinski definition) is 1. The molecule has 78 valence electrons. The van der Waals surface area contributed by atoms with Gasteiger partial charge in [0.25, 0.3) is 0 Å². The number of aromatic nitrogens is 2. The first kappa shape index (κ1) is 9.71. The zero-order valence-electron chi connectivity index (χ0n) is 9.28. The lowest BCUT2D eigenvalue weighted by Crippen LogP contribution is -2.29. The van der Waals surface area contributed by atoms with Crippen LogP contribution in [0.3, 0.4) is 0 Å². The van der Waals surface area contributed by atoms with Gasteiger partial charge in [-0.2, -0.15) is 0 Å². The minimum atomic E-state index is -0.790. The highest BCUT2D eigenvalue weighted by Gasteiger charge is 2.57. The summed E-state index contributed by atoms with van der Waals surface area (Å²) in [5.74, 6) is 1.10. The van der Waals surface area contributed by atoms with Crippen molar-refractivity contribution in [2.75, 3.05) is 0 Å². The van der Waals surface area contributed by atoms with E-state index in [-0.39, 0.29) is 5.41 Å². The molecule has 1 aliphatic rings. The van der Waals surface area contributed by atoms with E-state index < -0.39 is 5.60 Å². The molecule has 3 heteroatoms. The van der Waals surface area contributed by atoms with Gasteiger partial charge in [-0.1, -0.05) is 13.8 Å². The molecule has 2 rings (SSSR count). The number of nitrogens with zero attached hydrogens (tertiary/aromatic N) is 2. The van der Waals surface area contributed by atoms with Crippen LogP contribution in [0.2, 0.25) is 0 Å². The van der Waals surface area contributed by atoms with E-state index in [1.807, 2.05) is 24.7 Å². The second kappa shape index (κ2) is 2.60. The smallest absolute Gasteiger partial charge is 0.140 e. The molecule has 0 aliphatic heterocycles. The van der Waals surface area contributed by atoms with Gasteiger partial charge < -0.3 is 9.67 Å². The number of aryl methyl sites for hydroxylation is 1. The first-order valence-electron chi connectivity index (χ1n) is 5.06. The summed E-state index contributed by atoms with van der Waals surface area (Å²) >= 11 is 0. The summed E-state index contributed by atoms with van der Waals surface area (Å²) in [5, 5.41) is 10.4. The third-order valence-corrected chi connectivity index (χ3v) is 3.47. The van der Waals surface area contributed by atoms with Crippen LogP contribution in [0.4, 0.5) is 0 Å². The molecule has 1 saturated carbocycles. The topological polar surface area (TPSA) is 38.0 Å². The van der Waals surface area contributed by atoms with E-state index in [2.05, 4.69) is 18.8 Å². The van der Waals surface area contributed by atoms with Gasteiger partial charge in [0.1, 0.15) is 11.4 Å². The Morgan fingerprint density at radius 2 is 2.21 bits per heavy atom. The van der Waals surface area contributed by atoms with Crippen molar-refractivity contribution in [1.29, 1.82) is 0 Å². The van der Waals surface area contributed by atoms with Gasteiger partial charge in [0.15, 0.2) is 0 Å². The van der Waals surface area contributed by atoms with Crippen molar-refractivity contribution < 1.29 is 5.11 Å². The highest BCUT2D eigenvalue weighted by molar-refractivity contribution is 5.14. The normalized spacial score (nSPS) is 28.5. The van der Waals surface area contributed by atoms with E-state index >= 15 is 0 Å². The molecule has 1 N–H and O–H groups in total. The predicted octanol–water partition coefficient (Wildman–Crippen LogP) is 1.67. The third kappa shape index (κ3) is 1.27. The van der Waals surface area contributed by atoms with Crippen molar-refractivity contribution in [2.45, 2.75) is 32.8 Å². The van der Waals surface area contributed by atoms with Crippen LogP contribution in [-0.4, -0.2) is 14.7 Å². The zero-order chi connectivity index (χ0) is 10.6. The Morgan fingerprint density at radius 3 is 2.57 bits per heavy atom. The Morgan fingerprint density at radius 1 is 1.64 bits per heavy atom. The molecule has 14 heavy (non-hydrogen) atoms. The molecule has 0 radical (unpaired) electrons. The highest BCUT2D eigenvalue weighted by atomic mass is 16.3. The van der Waals surface area contributed by atoms with Gasteiger partial charge in [-0.05, 0) is 18.8 Å². The van der Waals surface area contributed by atoms with Crippen molar-refractivity contribution >= 4 is 0 Å². The second-order valence-electron chi connectivity index (χ2n) is 5.25. The first-order chi connectivity index (χ1) is 6.36. The SMILES string of the molecule is Cn1ccnc1C(C)(O)C1CC1(C)C. The van der Waals surface area contributed by atoms with Crippen LogP contribution in [0.1, 0.15) is 33.0 Å². The van der Waals surface area contributed by atoms with E-state index in [0.717, 1.165) is 12.2 Å². The zero-order valence-corrected chi connectivity index (χ0v) is 9.28. The summed E-state index contributed by atoms with van der Waals surface area (Å²) in [6, 6.07) is 0. The van der Waals surface area contributed by atoms with Gasteiger partial charge in [-0.25, -0.2) is 4.98 Å². The summed E-state index contributed by atoms with van der Waals surface area (Å²) in [7, 11) is 1.92. The molecule has 1 heterocycles. The summed E-state index contributed by atoms with van der Waals surface area (Å²) in [6.07, 6.45) is 4.69. The number of imidazole rings is 1. The monoisotopic (exact) mass is 194 g/mol. The third-order valence-electron chi connectivity index (χ3n) is 3.47. The summed E-state index contributed by atoms with van der Waals surface area (Å²) in [6.45, 7) is 6.25. The maximum Gasteiger partial charge on any atom is 0.140 e. The van der Waals surface area contributed by atoms with E-state index in [9.17, 15) is 5.11 Å². The first-order valence-corrected chi connectivity index (χ1v) is 5.06. The van der Waals surface area contributed by atoms with Gasteiger partial charge in [0.05, 0.1) is 0 Å². The van der Waals surface area contributed by atoms with Crippen LogP contribution in [0.5, 0.6) is 0 Å².